The number of aliphatic carboxylic acids is 1. The van der Waals surface area contributed by atoms with E-state index < -0.39 is 17.9 Å². The summed E-state index contributed by atoms with van der Waals surface area (Å²) in [5.41, 5.74) is 1.46. The Hall–Kier alpha value is -1.89. The molecule has 1 aliphatic rings. The Morgan fingerprint density at radius 3 is 2.62 bits per heavy atom. The standard InChI is InChI=1S/C14H20N2O5/c1-4-16(12-7-20-6-11(12)14(18)19)13(17)5-10-8(2)15-21-9(10)3/h11-12H,4-7H2,1-3H3,(H,18,19). The lowest BCUT2D eigenvalue weighted by Gasteiger charge is -2.29. The van der Waals surface area contributed by atoms with Crippen LogP contribution in [0.15, 0.2) is 4.52 Å². The van der Waals surface area contributed by atoms with Crippen molar-refractivity contribution >= 4 is 11.9 Å². The van der Waals surface area contributed by atoms with Crippen molar-refractivity contribution in [2.45, 2.75) is 33.2 Å². The second kappa shape index (κ2) is 6.26. The summed E-state index contributed by atoms with van der Waals surface area (Å²) in [5, 5.41) is 13.0. The molecule has 1 N–H and O–H groups in total. The van der Waals surface area contributed by atoms with E-state index in [0.29, 0.717) is 18.0 Å². The number of ether oxygens (including phenoxy) is 1. The third-order valence-corrected chi connectivity index (χ3v) is 3.94. The first-order valence-corrected chi connectivity index (χ1v) is 6.97. The molecule has 7 nitrogen and oxygen atoms in total. The maximum Gasteiger partial charge on any atom is 0.311 e. The lowest BCUT2D eigenvalue weighted by Crippen LogP contribution is -2.47. The average Bonchev–Trinajstić information content (AvgIpc) is 3.02. The highest BCUT2D eigenvalue weighted by Gasteiger charge is 2.39. The van der Waals surface area contributed by atoms with Gasteiger partial charge in [-0.3, -0.25) is 9.59 Å². The number of carbonyl (C=O) groups is 2. The van der Waals surface area contributed by atoms with Crippen LogP contribution < -0.4 is 0 Å². The fraction of sp³-hybridized carbons (Fsp3) is 0.643. The van der Waals surface area contributed by atoms with Crippen LogP contribution in [0.4, 0.5) is 0 Å². The molecule has 0 bridgehead atoms. The van der Waals surface area contributed by atoms with Gasteiger partial charge in [0, 0.05) is 12.1 Å². The molecule has 2 heterocycles. The largest absolute Gasteiger partial charge is 0.481 e. The molecule has 0 saturated carbocycles. The zero-order chi connectivity index (χ0) is 15.6. The molecule has 2 rings (SSSR count). The molecule has 1 saturated heterocycles. The van der Waals surface area contributed by atoms with Gasteiger partial charge in [-0.2, -0.15) is 0 Å². The molecule has 0 aromatic carbocycles. The van der Waals surface area contributed by atoms with E-state index in [2.05, 4.69) is 5.16 Å². The topological polar surface area (TPSA) is 92.9 Å². The first-order valence-electron chi connectivity index (χ1n) is 6.97. The fourth-order valence-electron chi connectivity index (χ4n) is 2.69. The van der Waals surface area contributed by atoms with Crippen molar-refractivity contribution in [2.24, 2.45) is 5.92 Å². The molecule has 116 valence electrons. The molecule has 1 aromatic rings. The van der Waals surface area contributed by atoms with E-state index in [1.807, 2.05) is 6.92 Å². The summed E-state index contributed by atoms with van der Waals surface area (Å²) in [6.07, 6.45) is 0.165. The first-order chi connectivity index (χ1) is 9.95. The Bertz CT molecular complexity index is 520. The van der Waals surface area contributed by atoms with Crippen LogP contribution in [0.2, 0.25) is 0 Å². The molecule has 0 radical (unpaired) electrons. The highest BCUT2D eigenvalue weighted by Crippen LogP contribution is 2.22. The normalized spacial score (nSPS) is 21.5. The summed E-state index contributed by atoms with van der Waals surface area (Å²) in [4.78, 5) is 25.3. The van der Waals surface area contributed by atoms with Crippen molar-refractivity contribution in [1.29, 1.82) is 0 Å². The van der Waals surface area contributed by atoms with Gasteiger partial charge in [-0.05, 0) is 20.8 Å². The van der Waals surface area contributed by atoms with E-state index >= 15 is 0 Å². The summed E-state index contributed by atoms with van der Waals surface area (Å²) in [5.74, 6) is -1.11. The second-order valence-electron chi connectivity index (χ2n) is 5.21. The summed E-state index contributed by atoms with van der Waals surface area (Å²) < 4.78 is 10.3. The molecule has 2 unspecified atom stereocenters. The number of carboxylic acids is 1. The summed E-state index contributed by atoms with van der Waals surface area (Å²) in [6.45, 7) is 6.24. The molecular weight excluding hydrogens is 276 g/mol. The summed E-state index contributed by atoms with van der Waals surface area (Å²) in [6, 6.07) is -0.416. The van der Waals surface area contributed by atoms with E-state index in [0.717, 1.165) is 5.56 Å². The minimum absolute atomic E-state index is 0.131. The first kappa shape index (κ1) is 15.5. The van der Waals surface area contributed by atoms with Crippen molar-refractivity contribution < 1.29 is 24.0 Å². The van der Waals surface area contributed by atoms with Gasteiger partial charge in [-0.1, -0.05) is 5.16 Å². The van der Waals surface area contributed by atoms with Gasteiger partial charge in [0.25, 0.3) is 0 Å². The maximum atomic E-state index is 12.5. The number of aryl methyl sites for hydroxylation is 2. The quantitative estimate of drug-likeness (QED) is 0.863. The van der Waals surface area contributed by atoms with E-state index in [9.17, 15) is 14.7 Å². The molecule has 1 amide bonds. The van der Waals surface area contributed by atoms with Crippen molar-refractivity contribution in [3.63, 3.8) is 0 Å². The van der Waals surface area contributed by atoms with Crippen LogP contribution in [0.3, 0.4) is 0 Å². The van der Waals surface area contributed by atoms with Crippen molar-refractivity contribution in [2.75, 3.05) is 19.8 Å². The Labute approximate surface area is 122 Å². The molecule has 0 aliphatic carbocycles. The van der Waals surface area contributed by atoms with Crippen LogP contribution in [-0.2, 0) is 20.7 Å². The Kier molecular flexibility index (Phi) is 4.62. The van der Waals surface area contributed by atoms with Crippen LogP contribution in [0.1, 0.15) is 23.9 Å². The van der Waals surface area contributed by atoms with Crippen LogP contribution >= 0.6 is 0 Å². The molecule has 1 fully saturated rings. The van der Waals surface area contributed by atoms with Gasteiger partial charge in [0.2, 0.25) is 5.91 Å². The van der Waals surface area contributed by atoms with Gasteiger partial charge in [0.15, 0.2) is 0 Å². The number of nitrogens with zero attached hydrogens (tertiary/aromatic N) is 2. The monoisotopic (exact) mass is 296 g/mol. The SMILES string of the molecule is CCN(C(=O)Cc1c(C)noc1C)C1COCC1C(=O)O. The Morgan fingerprint density at radius 2 is 2.10 bits per heavy atom. The molecule has 7 heteroatoms. The maximum absolute atomic E-state index is 12.5. The number of amides is 1. The zero-order valence-corrected chi connectivity index (χ0v) is 12.5. The van der Waals surface area contributed by atoms with Crippen molar-refractivity contribution in [3.05, 3.63) is 17.0 Å². The summed E-state index contributed by atoms with van der Waals surface area (Å²) >= 11 is 0. The number of hydrogen-bond acceptors (Lipinski definition) is 5. The molecule has 2 atom stereocenters. The summed E-state index contributed by atoms with van der Waals surface area (Å²) in [7, 11) is 0. The number of aromatic nitrogens is 1. The van der Waals surface area contributed by atoms with Crippen molar-refractivity contribution in [1.82, 2.24) is 10.1 Å². The van der Waals surface area contributed by atoms with E-state index in [4.69, 9.17) is 9.26 Å². The zero-order valence-electron chi connectivity index (χ0n) is 12.5. The Balaban J connectivity index is 2.14. The number of carboxylic acid groups (broad SMARTS) is 1. The number of carbonyl (C=O) groups excluding carboxylic acids is 1. The molecule has 1 aromatic heterocycles. The van der Waals surface area contributed by atoms with Gasteiger partial charge >= 0.3 is 5.97 Å². The Morgan fingerprint density at radius 1 is 1.38 bits per heavy atom. The second-order valence-corrected chi connectivity index (χ2v) is 5.21. The molecule has 0 spiro atoms. The van der Waals surface area contributed by atoms with Crippen LogP contribution in [0, 0.1) is 19.8 Å². The number of hydrogen-bond donors (Lipinski definition) is 1. The third kappa shape index (κ3) is 3.07. The smallest absolute Gasteiger partial charge is 0.311 e. The van der Waals surface area contributed by atoms with E-state index in [1.54, 1.807) is 18.7 Å². The van der Waals surface area contributed by atoms with Gasteiger partial charge in [-0.15, -0.1) is 0 Å². The van der Waals surface area contributed by atoms with Gasteiger partial charge < -0.3 is 19.3 Å². The average molecular weight is 296 g/mol. The fourth-order valence-corrected chi connectivity index (χ4v) is 2.69. The van der Waals surface area contributed by atoms with E-state index in [-0.39, 0.29) is 25.5 Å². The highest BCUT2D eigenvalue weighted by molar-refractivity contribution is 5.81. The lowest BCUT2D eigenvalue weighted by atomic mass is 10.0. The number of rotatable bonds is 5. The van der Waals surface area contributed by atoms with Gasteiger partial charge in [-0.25, -0.2) is 0 Å². The van der Waals surface area contributed by atoms with Gasteiger partial charge in [0.1, 0.15) is 11.7 Å². The van der Waals surface area contributed by atoms with Crippen LogP contribution in [-0.4, -0.2) is 52.8 Å². The van der Waals surface area contributed by atoms with E-state index in [1.165, 1.54) is 0 Å². The predicted molar refractivity (Wildman–Crippen MR) is 72.8 cm³/mol. The molecule has 1 aliphatic heterocycles. The van der Waals surface area contributed by atoms with Gasteiger partial charge in [0.05, 0.1) is 31.4 Å². The predicted octanol–water partition coefficient (Wildman–Crippen LogP) is 0.782. The number of likely N-dealkylation sites (N-methyl/N-ethyl adjacent to an activating group) is 1. The minimum atomic E-state index is -0.930. The minimum Gasteiger partial charge on any atom is -0.481 e. The third-order valence-electron chi connectivity index (χ3n) is 3.94. The van der Waals surface area contributed by atoms with Crippen LogP contribution in [0.25, 0.3) is 0 Å². The lowest BCUT2D eigenvalue weighted by molar-refractivity contribution is -0.144. The molecule has 21 heavy (non-hydrogen) atoms. The highest BCUT2D eigenvalue weighted by atomic mass is 16.5. The van der Waals surface area contributed by atoms with Crippen LogP contribution in [0.5, 0.6) is 0 Å². The van der Waals surface area contributed by atoms with Crippen molar-refractivity contribution in [3.8, 4) is 0 Å². The molecular formula is C14H20N2O5.